The molecule has 0 saturated heterocycles. The first-order valence-corrected chi connectivity index (χ1v) is 13.4. The maximum absolute atomic E-state index is 13.3. The Hall–Kier alpha value is -3.46. The van der Waals surface area contributed by atoms with E-state index in [1.165, 1.54) is 24.8 Å². The number of phenolic OH excluding ortho intramolecular Hbond substituents is 1. The van der Waals surface area contributed by atoms with Gasteiger partial charge in [-0.05, 0) is 48.8 Å². The Balaban J connectivity index is 1.64. The minimum Gasteiger partial charge on any atom is -0.509 e. The van der Waals surface area contributed by atoms with Gasteiger partial charge in [-0.3, -0.25) is 9.36 Å². The van der Waals surface area contributed by atoms with Crippen LogP contribution in [0.2, 0.25) is 0 Å². The Labute approximate surface area is 220 Å². The molecule has 1 amide bonds. The third-order valence-corrected chi connectivity index (χ3v) is 6.93. The average Bonchev–Trinajstić information content (AvgIpc) is 3.23. The highest BCUT2D eigenvalue weighted by Gasteiger charge is 2.25. The summed E-state index contributed by atoms with van der Waals surface area (Å²) in [5, 5.41) is 20.0. The monoisotopic (exact) mass is 502 g/mol. The van der Waals surface area contributed by atoms with Crippen molar-refractivity contribution < 1.29 is 9.90 Å². The Morgan fingerprint density at radius 3 is 2.62 bits per heavy atom. The van der Waals surface area contributed by atoms with Gasteiger partial charge in [0.1, 0.15) is 13.6 Å². The molecular weight excluding hydrogens is 463 g/mol. The number of rotatable bonds is 11. The number of aromatic nitrogens is 2. The second kappa shape index (κ2) is 12.7. The van der Waals surface area contributed by atoms with Gasteiger partial charge in [-0.25, -0.2) is 0 Å². The Kier molecular flexibility index (Phi) is 9.11. The zero-order valence-corrected chi connectivity index (χ0v) is 22.0. The van der Waals surface area contributed by atoms with E-state index in [4.69, 9.17) is 10.7 Å². The van der Waals surface area contributed by atoms with Crippen LogP contribution in [0.15, 0.2) is 48.5 Å². The molecule has 1 atom stereocenters. The van der Waals surface area contributed by atoms with Gasteiger partial charge in [0.15, 0.2) is 11.5 Å². The lowest BCUT2D eigenvalue weighted by Gasteiger charge is -2.24. The molecule has 0 radical (unpaired) electrons. The molecule has 4 rings (SSSR count). The molecule has 8 nitrogen and oxygen atoms in total. The van der Waals surface area contributed by atoms with Crippen LogP contribution in [0.3, 0.4) is 0 Å². The van der Waals surface area contributed by atoms with Gasteiger partial charge >= 0.3 is 0 Å². The number of anilines is 2. The number of nitrogens with one attached hydrogen (secondary N) is 3. The number of phenols is 1. The van der Waals surface area contributed by atoms with E-state index in [0.29, 0.717) is 43.1 Å². The topological polar surface area (TPSA) is 117 Å². The van der Waals surface area contributed by atoms with E-state index in [-0.39, 0.29) is 17.7 Å². The largest absolute Gasteiger partial charge is 0.509 e. The van der Waals surface area contributed by atoms with Gasteiger partial charge in [-0.2, -0.15) is 4.98 Å². The van der Waals surface area contributed by atoms with Crippen molar-refractivity contribution in [2.75, 3.05) is 23.7 Å². The molecule has 1 saturated carbocycles. The molecule has 1 heterocycles. The number of imidazole rings is 1. The van der Waals surface area contributed by atoms with E-state index in [9.17, 15) is 9.90 Å². The molecule has 196 valence electrons. The number of carbonyl (C=O) groups excluding carboxylic acids is 1. The van der Waals surface area contributed by atoms with E-state index in [1.54, 1.807) is 6.07 Å². The summed E-state index contributed by atoms with van der Waals surface area (Å²) in [5.41, 5.74) is 9.89. The lowest BCUT2D eigenvalue weighted by molar-refractivity contribution is 0.0948. The molecule has 1 aliphatic rings. The highest BCUT2D eigenvalue weighted by atomic mass is 16.3. The van der Waals surface area contributed by atoms with Crippen LogP contribution in [0.1, 0.15) is 60.6 Å². The smallest absolute Gasteiger partial charge is 0.271 e. The summed E-state index contributed by atoms with van der Waals surface area (Å²) in [6.45, 7) is 3.36. The van der Waals surface area contributed by atoms with Crippen molar-refractivity contribution in [3.05, 3.63) is 65.4 Å². The Morgan fingerprint density at radius 1 is 1.16 bits per heavy atom. The number of aromatic hydroxyl groups is 1. The summed E-state index contributed by atoms with van der Waals surface area (Å²) in [4.78, 5) is 18.2. The normalized spacial score (nSPS) is 14.8. The van der Waals surface area contributed by atoms with Crippen LogP contribution in [0, 0.1) is 0 Å². The summed E-state index contributed by atoms with van der Waals surface area (Å²) in [7, 11) is 1.87. The van der Waals surface area contributed by atoms with Gasteiger partial charge < -0.3 is 26.8 Å². The molecule has 2 aromatic carbocycles. The van der Waals surface area contributed by atoms with Crippen LogP contribution >= 0.6 is 0 Å². The van der Waals surface area contributed by atoms with Crippen molar-refractivity contribution in [2.45, 2.75) is 64.1 Å². The average molecular weight is 502 g/mol. The first-order valence-electron chi connectivity index (χ1n) is 13.4. The molecule has 0 bridgehead atoms. The quantitative estimate of drug-likeness (QED) is 0.257. The number of nitrogens with two attached hydrogens (primary N) is 1. The van der Waals surface area contributed by atoms with Crippen molar-refractivity contribution in [1.29, 1.82) is 0 Å². The first-order chi connectivity index (χ1) is 17.9. The van der Waals surface area contributed by atoms with E-state index >= 15 is 0 Å². The van der Waals surface area contributed by atoms with Crippen molar-refractivity contribution in [2.24, 2.45) is 5.73 Å². The predicted molar refractivity (Wildman–Crippen MR) is 153 cm³/mol. The predicted octanol–water partition coefficient (Wildman–Crippen LogP) is 2.37. The second-order valence-corrected chi connectivity index (χ2v) is 10.0. The highest BCUT2D eigenvalue weighted by Crippen LogP contribution is 2.27. The zero-order valence-electron chi connectivity index (χ0n) is 22.0. The lowest BCUT2D eigenvalue weighted by atomic mass is 9.93. The maximum atomic E-state index is 13.3. The molecule has 0 spiro atoms. The fraction of sp³-hybridized carbons (Fsp3) is 0.429. The van der Waals surface area contributed by atoms with E-state index < -0.39 is 0 Å². The van der Waals surface area contributed by atoms with Crippen LogP contribution < -0.4 is 27.1 Å². The van der Waals surface area contributed by atoms with Gasteiger partial charge in [0.25, 0.3) is 5.91 Å². The van der Waals surface area contributed by atoms with Gasteiger partial charge in [-0.1, -0.05) is 61.7 Å². The molecular formula is C28H39BN6O2. The summed E-state index contributed by atoms with van der Waals surface area (Å²) in [6.07, 6.45) is 6.55. The number of benzene rings is 2. The summed E-state index contributed by atoms with van der Waals surface area (Å²) < 4.78 is 1.95. The van der Waals surface area contributed by atoms with Crippen LogP contribution in [0.25, 0.3) is 0 Å². The van der Waals surface area contributed by atoms with E-state index in [2.05, 4.69) is 28.1 Å². The van der Waals surface area contributed by atoms with Crippen molar-refractivity contribution in [1.82, 2.24) is 14.9 Å². The molecule has 9 heteroatoms. The molecule has 0 aliphatic heterocycles. The summed E-state index contributed by atoms with van der Waals surface area (Å²) in [5.74, 6) is 1.29. The fourth-order valence-corrected chi connectivity index (χ4v) is 4.96. The number of hydrogen-bond acceptors (Lipinski definition) is 6. The van der Waals surface area contributed by atoms with E-state index in [0.717, 1.165) is 30.3 Å². The van der Waals surface area contributed by atoms with E-state index in [1.807, 2.05) is 49.7 Å². The van der Waals surface area contributed by atoms with Crippen LogP contribution in [0.5, 0.6) is 5.75 Å². The lowest BCUT2D eigenvalue weighted by Crippen LogP contribution is -2.32. The number of amides is 1. The Morgan fingerprint density at radius 2 is 1.92 bits per heavy atom. The standard InChI is InChI=1S/C28H39BN6O2/c1-2-31-27(37)25-26(32-17-21(30)15-19-9-5-3-6-10-19)34-28(33-22-11-7-4-8-12-22)35(25)18-20-13-14-24(36)23(29)16-20/h3,5-6,9-10,13-14,16,21-22,32,36H,2,4,7-8,11-12,15,17-18,29-30H2,1H3,(H,31,37)(H,33,34)/t21-/m1/s1. The third-order valence-electron chi connectivity index (χ3n) is 6.93. The molecule has 0 unspecified atom stereocenters. The van der Waals surface area contributed by atoms with Crippen molar-refractivity contribution >= 4 is 31.0 Å². The minimum atomic E-state index is -0.179. The minimum absolute atomic E-state index is 0.135. The molecule has 3 aromatic rings. The number of hydrogen-bond donors (Lipinski definition) is 5. The maximum Gasteiger partial charge on any atom is 0.271 e. The second-order valence-electron chi connectivity index (χ2n) is 10.0. The van der Waals surface area contributed by atoms with Crippen LogP contribution in [-0.4, -0.2) is 53.6 Å². The van der Waals surface area contributed by atoms with Crippen LogP contribution in [-0.2, 0) is 13.0 Å². The SMILES string of the molecule is Bc1cc(Cn2c(NC3CCCCC3)nc(NC[C@H](N)Cc3ccccc3)c2C(=O)NCC)ccc1O. The molecule has 1 fully saturated rings. The van der Waals surface area contributed by atoms with Gasteiger partial charge in [-0.15, -0.1) is 0 Å². The number of carbonyl (C=O) groups is 1. The first kappa shape index (κ1) is 26.6. The molecule has 1 aliphatic carbocycles. The molecule has 1 aromatic heterocycles. The Bertz CT molecular complexity index is 1180. The fourth-order valence-electron chi connectivity index (χ4n) is 4.96. The third kappa shape index (κ3) is 7.07. The van der Waals surface area contributed by atoms with Gasteiger partial charge in [0.2, 0.25) is 5.95 Å². The van der Waals surface area contributed by atoms with Gasteiger partial charge in [0.05, 0.1) is 6.54 Å². The van der Waals surface area contributed by atoms with Crippen molar-refractivity contribution in [3.8, 4) is 5.75 Å². The number of nitrogens with zero attached hydrogens (tertiary/aromatic N) is 2. The molecule has 6 N–H and O–H groups in total. The van der Waals surface area contributed by atoms with Crippen LogP contribution in [0.4, 0.5) is 11.8 Å². The summed E-state index contributed by atoms with van der Waals surface area (Å²) in [6, 6.07) is 15.9. The highest BCUT2D eigenvalue weighted by molar-refractivity contribution is 6.34. The van der Waals surface area contributed by atoms with Crippen molar-refractivity contribution in [3.63, 3.8) is 0 Å². The zero-order chi connectivity index (χ0) is 26.2. The van der Waals surface area contributed by atoms with Gasteiger partial charge in [0, 0.05) is 25.2 Å². The molecule has 37 heavy (non-hydrogen) atoms. The summed E-state index contributed by atoms with van der Waals surface area (Å²) >= 11 is 0.